The standard InChI is InChI=1S/C32H33BrN2O5/c1-3-9-40-28-26(33)14-19(15-27(28)39-4-2)13-25-29(36)34-31(38)35(30(25)37)24-7-5-23(6-8-24)32-16-20-10-21(17-32)12-22(11-20)18-32/h3,5-8,13-15,20-22H,1,4,9-12,16-18H2,2H3,(H,34,36,38)/b25-13+. The molecule has 4 amide bonds. The zero-order chi connectivity index (χ0) is 28.0. The minimum Gasteiger partial charge on any atom is -0.490 e. The topological polar surface area (TPSA) is 84.9 Å². The summed E-state index contributed by atoms with van der Waals surface area (Å²) >= 11 is 3.50. The number of hydrogen-bond acceptors (Lipinski definition) is 5. The van der Waals surface area contributed by atoms with Crippen LogP contribution in [-0.4, -0.2) is 31.1 Å². The van der Waals surface area contributed by atoms with Crippen LogP contribution in [0.1, 0.15) is 56.6 Å². The van der Waals surface area contributed by atoms with Gasteiger partial charge in [-0.15, -0.1) is 0 Å². The summed E-state index contributed by atoms with van der Waals surface area (Å²) < 4.78 is 12.1. The maximum Gasteiger partial charge on any atom is 0.335 e. The predicted octanol–water partition coefficient (Wildman–Crippen LogP) is 6.55. The third-order valence-electron chi connectivity index (χ3n) is 8.87. The van der Waals surface area contributed by atoms with Crippen molar-refractivity contribution in [2.24, 2.45) is 17.8 Å². The smallest absolute Gasteiger partial charge is 0.335 e. The molecule has 0 atom stereocenters. The highest BCUT2D eigenvalue weighted by Gasteiger charge is 2.51. The van der Waals surface area contributed by atoms with Crippen LogP contribution in [0.25, 0.3) is 6.08 Å². The molecule has 4 bridgehead atoms. The van der Waals surface area contributed by atoms with Crippen LogP contribution in [0.3, 0.4) is 0 Å². The lowest BCUT2D eigenvalue weighted by atomic mass is 9.48. The molecule has 208 valence electrons. The molecule has 2 aromatic carbocycles. The monoisotopic (exact) mass is 604 g/mol. The van der Waals surface area contributed by atoms with Crippen LogP contribution >= 0.6 is 15.9 Å². The van der Waals surface area contributed by atoms with Crippen molar-refractivity contribution in [2.45, 2.75) is 50.9 Å². The molecule has 0 radical (unpaired) electrons. The summed E-state index contributed by atoms with van der Waals surface area (Å²) in [6.45, 7) is 6.22. The second-order valence-corrected chi connectivity index (χ2v) is 12.4. The van der Waals surface area contributed by atoms with E-state index in [0.717, 1.165) is 22.7 Å². The van der Waals surface area contributed by atoms with Gasteiger partial charge in [0.2, 0.25) is 0 Å². The van der Waals surface area contributed by atoms with Crippen LogP contribution in [-0.2, 0) is 15.0 Å². The van der Waals surface area contributed by atoms with E-state index < -0.39 is 17.8 Å². The Labute approximate surface area is 242 Å². The molecule has 0 unspecified atom stereocenters. The number of nitrogens with one attached hydrogen (secondary N) is 1. The van der Waals surface area contributed by atoms with Gasteiger partial charge in [0.15, 0.2) is 11.5 Å². The molecular weight excluding hydrogens is 572 g/mol. The number of benzene rings is 2. The Morgan fingerprint density at radius 1 is 1.02 bits per heavy atom. The third kappa shape index (κ3) is 4.76. The van der Waals surface area contributed by atoms with E-state index in [1.54, 1.807) is 18.2 Å². The summed E-state index contributed by atoms with van der Waals surface area (Å²) in [6, 6.07) is 10.5. The van der Waals surface area contributed by atoms with Gasteiger partial charge in [-0.25, -0.2) is 9.69 Å². The minimum absolute atomic E-state index is 0.140. The van der Waals surface area contributed by atoms with E-state index in [9.17, 15) is 14.4 Å². The highest BCUT2D eigenvalue weighted by atomic mass is 79.9. The van der Waals surface area contributed by atoms with E-state index in [2.05, 4.69) is 40.0 Å². The average Bonchev–Trinajstić information content (AvgIpc) is 2.90. The molecule has 40 heavy (non-hydrogen) atoms. The van der Waals surface area contributed by atoms with Gasteiger partial charge in [0.1, 0.15) is 12.2 Å². The lowest BCUT2D eigenvalue weighted by molar-refractivity contribution is -0.122. The van der Waals surface area contributed by atoms with Crippen LogP contribution in [0, 0.1) is 17.8 Å². The van der Waals surface area contributed by atoms with E-state index in [0.29, 0.717) is 40.4 Å². The van der Waals surface area contributed by atoms with Crippen molar-refractivity contribution in [3.05, 3.63) is 70.2 Å². The number of amides is 4. The van der Waals surface area contributed by atoms with Gasteiger partial charge in [-0.05, 0) is 126 Å². The lowest BCUT2D eigenvalue weighted by Gasteiger charge is -2.57. The van der Waals surface area contributed by atoms with Crippen LogP contribution < -0.4 is 19.7 Å². The van der Waals surface area contributed by atoms with Gasteiger partial charge in [0.25, 0.3) is 11.8 Å². The molecule has 1 heterocycles. The molecule has 8 heteroatoms. The van der Waals surface area contributed by atoms with Crippen molar-refractivity contribution in [1.29, 1.82) is 0 Å². The number of urea groups is 1. The molecule has 5 aliphatic rings. The molecule has 7 rings (SSSR count). The number of nitrogens with zero attached hydrogens (tertiary/aromatic N) is 1. The Hall–Kier alpha value is -3.39. The first-order valence-corrected chi connectivity index (χ1v) is 14.8. The van der Waals surface area contributed by atoms with Crippen molar-refractivity contribution in [1.82, 2.24) is 5.32 Å². The Bertz CT molecular complexity index is 1380. The number of carbonyl (C=O) groups is 3. The predicted molar refractivity (Wildman–Crippen MR) is 156 cm³/mol. The Morgan fingerprint density at radius 3 is 2.27 bits per heavy atom. The highest BCUT2D eigenvalue weighted by Crippen LogP contribution is 2.60. The molecule has 2 aromatic rings. The molecule has 4 aliphatic carbocycles. The number of ether oxygens (including phenoxy) is 2. The number of hydrogen-bond donors (Lipinski definition) is 1. The SMILES string of the molecule is C=CCOc1c(Br)cc(/C=C2\C(=O)NC(=O)N(c3ccc(C45CC6CC(CC(C6)C4)C5)cc3)C2=O)cc1OCC. The Balaban J connectivity index is 1.28. The summed E-state index contributed by atoms with van der Waals surface area (Å²) in [5.41, 5.74) is 2.37. The second kappa shape index (κ2) is 10.5. The van der Waals surface area contributed by atoms with Crippen molar-refractivity contribution in [2.75, 3.05) is 18.1 Å². The van der Waals surface area contributed by atoms with Crippen LogP contribution in [0.2, 0.25) is 0 Å². The van der Waals surface area contributed by atoms with Crippen LogP contribution in [0.15, 0.2) is 59.1 Å². The minimum atomic E-state index is -0.751. The molecule has 1 aliphatic heterocycles. The van der Waals surface area contributed by atoms with Gasteiger partial charge < -0.3 is 9.47 Å². The second-order valence-electron chi connectivity index (χ2n) is 11.6. The van der Waals surface area contributed by atoms with Gasteiger partial charge in [-0.1, -0.05) is 24.8 Å². The van der Waals surface area contributed by atoms with E-state index in [4.69, 9.17) is 9.47 Å². The molecule has 0 spiro atoms. The number of imide groups is 2. The van der Waals surface area contributed by atoms with Crippen LogP contribution in [0.5, 0.6) is 11.5 Å². The maximum atomic E-state index is 13.6. The molecule has 1 N–H and O–H groups in total. The summed E-state index contributed by atoms with van der Waals surface area (Å²) in [5.74, 6) is 2.02. The molecule has 1 saturated heterocycles. The van der Waals surface area contributed by atoms with E-state index in [-0.39, 0.29) is 11.0 Å². The third-order valence-corrected chi connectivity index (χ3v) is 9.46. The van der Waals surface area contributed by atoms with E-state index in [1.165, 1.54) is 50.2 Å². The highest BCUT2D eigenvalue weighted by molar-refractivity contribution is 9.10. The van der Waals surface area contributed by atoms with Gasteiger partial charge in [0, 0.05) is 0 Å². The summed E-state index contributed by atoms with van der Waals surface area (Å²) in [7, 11) is 0. The van der Waals surface area contributed by atoms with Crippen molar-refractivity contribution >= 4 is 45.5 Å². The normalized spacial score (nSPS) is 28.1. The Morgan fingerprint density at radius 2 is 1.68 bits per heavy atom. The van der Waals surface area contributed by atoms with Gasteiger partial charge >= 0.3 is 6.03 Å². The van der Waals surface area contributed by atoms with E-state index >= 15 is 0 Å². The fourth-order valence-corrected chi connectivity index (χ4v) is 8.28. The first-order valence-electron chi connectivity index (χ1n) is 14.0. The molecule has 0 aromatic heterocycles. The van der Waals surface area contributed by atoms with Gasteiger partial charge in [-0.3, -0.25) is 14.9 Å². The number of rotatable bonds is 8. The number of carbonyl (C=O) groups excluding carboxylic acids is 3. The lowest BCUT2D eigenvalue weighted by Crippen LogP contribution is -2.54. The molecule has 4 saturated carbocycles. The zero-order valence-corrected chi connectivity index (χ0v) is 24.2. The first-order chi connectivity index (χ1) is 19.3. The van der Waals surface area contributed by atoms with Crippen molar-refractivity contribution in [3.63, 3.8) is 0 Å². The summed E-state index contributed by atoms with van der Waals surface area (Å²) in [5, 5.41) is 2.33. The largest absolute Gasteiger partial charge is 0.490 e. The average molecular weight is 606 g/mol. The summed E-state index contributed by atoms with van der Waals surface area (Å²) in [6.07, 6.45) is 10.9. The maximum absolute atomic E-state index is 13.6. The molecular formula is C32H33BrN2O5. The van der Waals surface area contributed by atoms with Crippen molar-refractivity contribution in [3.8, 4) is 11.5 Å². The quantitative estimate of drug-likeness (QED) is 0.210. The fourth-order valence-electron chi connectivity index (χ4n) is 7.70. The van der Waals surface area contributed by atoms with E-state index in [1.807, 2.05) is 19.1 Å². The zero-order valence-electron chi connectivity index (χ0n) is 22.6. The first kappa shape index (κ1) is 26.8. The molecule has 5 fully saturated rings. The van der Waals surface area contributed by atoms with Crippen molar-refractivity contribution < 1.29 is 23.9 Å². The summed E-state index contributed by atoms with van der Waals surface area (Å²) in [4.78, 5) is 40.2. The van der Waals surface area contributed by atoms with Gasteiger partial charge in [-0.2, -0.15) is 0 Å². The van der Waals surface area contributed by atoms with Crippen LogP contribution in [0.4, 0.5) is 10.5 Å². The molecule has 7 nitrogen and oxygen atoms in total. The number of anilines is 1. The Kier molecular flexibility index (Phi) is 7.07. The fraction of sp³-hybridized carbons (Fsp3) is 0.406. The number of barbiturate groups is 1. The number of halogens is 1. The van der Waals surface area contributed by atoms with Gasteiger partial charge in [0.05, 0.1) is 16.8 Å².